The standard InChI is InChI=1S/C20H20NO2/c1-21-17(12-10-16-6-4-5-7-18(16)21)11-8-15-9-13-19(22-2)20(14-15)23-3/h4-14H,1-3H3/q+1/b11-8+. The first-order valence-electron chi connectivity index (χ1n) is 7.51. The van der Waals surface area contributed by atoms with Crippen LogP contribution in [-0.4, -0.2) is 14.2 Å². The van der Waals surface area contributed by atoms with E-state index < -0.39 is 0 Å². The Bertz CT molecular complexity index is 869. The minimum absolute atomic E-state index is 0.734. The van der Waals surface area contributed by atoms with Crippen molar-refractivity contribution in [3.05, 3.63) is 65.9 Å². The van der Waals surface area contributed by atoms with E-state index in [1.807, 2.05) is 18.2 Å². The van der Waals surface area contributed by atoms with Crippen LogP contribution in [0.3, 0.4) is 0 Å². The van der Waals surface area contributed by atoms with Gasteiger partial charge in [-0.15, -0.1) is 0 Å². The molecule has 0 unspecified atom stereocenters. The fourth-order valence-electron chi connectivity index (χ4n) is 2.67. The van der Waals surface area contributed by atoms with Crippen LogP contribution in [0, 0.1) is 0 Å². The highest BCUT2D eigenvalue weighted by Crippen LogP contribution is 2.28. The molecule has 0 amide bonds. The van der Waals surface area contributed by atoms with Gasteiger partial charge in [-0.1, -0.05) is 18.2 Å². The van der Waals surface area contributed by atoms with E-state index >= 15 is 0 Å². The summed E-state index contributed by atoms with van der Waals surface area (Å²) in [5.41, 5.74) is 3.41. The van der Waals surface area contributed by atoms with Gasteiger partial charge in [-0.3, -0.25) is 0 Å². The molecule has 3 heteroatoms. The number of fused-ring (bicyclic) bond motifs is 1. The number of nitrogens with zero attached hydrogens (tertiary/aromatic N) is 1. The summed E-state index contributed by atoms with van der Waals surface area (Å²) >= 11 is 0. The molecule has 2 aromatic carbocycles. The molecule has 0 atom stereocenters. The summed E-state index contributed by atoms with van der Waals surface area (Å²) in [5.74, 6) is 1.47. The maximum absolute atomic E-state index is 5.35. The van der Waals surface area contributed by atoms with Crippen LogP contribution in [0.1, 0.15) is 11.3 Å². The Morgan fingerprint density at radius 1 is 0.826 bits per heavy atom. The average molecular weight is 306 g/mol. The number of para-hydroxylation sites is 1. The highest BCUT2D eigenvalue weighted by atomic mass is 16.5. The van der Waals surface area contributed by atoms with Crippen LogP contribution in [0.15, 0.2) is 54.6 Å². The number of rotatable bonds is 4. The minimum atomic E-state index is 0.734. The molecule has 1 aromatic heterocycles. The molecule has 0 N–H and O–H groups in total. The number of benzene rings is 2. The van der Waals surface area contributed by atoms with Crippen molar-refractivity contribution in [3.63, 3.8) is 0 Å². The van der Waals surface area contributed by atoms with Gasteiger partial charge in [-0.05, 0) is 35.9 Å². The summed E-state index contributed by atoms with van der Waals surface area (Å²) in [6, 6.07) is 18.5. The Morgan fingerprint density at radius 2 is 1.61 bits per heavy atom. The number of hydrogen-bond donors (Lipinski definition) is 0. The predicted molar refractivity (Wildman–Crippen MR) is 93.6 cm³/mol. The van der Waals surface area contributed by atoms with Gasteiger partial charge in [0.05, 0.1) is 14.2 Å². The zero-order valence-electron chi connectivity index (χ0n) is 13.6. The van der Waals surface area contributed by atoms with Crippen LogP contribution in [-0.2, 0) is 7.05 Å². The van der Waals surface area contributed by atoms with Crippen LogP contribution >= 0.6 is 0 Å². The first-order valence-corrected chi connectivity index (χ1v) is 7.51. The highest BCUT2D eigenvalue weighted by molar-refractivity contribution is 5.77. The summed E-state index contributed by atoms with van der Waals surface area (Å²) in [4.78, 5) is 0. The second-order valence-corrected chi connectivity index (χ2v) is 5.32. The first kappa shape index (κ1) is 15.1. The topological polar surface area (TPSA) is 22.3 Å². The Balaban J connectivity index is 1.95. The van der Waals surface area contributed by atoms with E-state index in [-0.39, 0.29) is 0 Å². The van der Waals surface area contributed by atoms with Crippen molar-refractivity contribution in [1.29, 1.82) is 0 Å². The Kier molecular flexibility index (Phi) is 4.29. The fourth-order valence-corrected chi connectivity index (χ4v) is 2.67. The number of aryl methyl sites for hydroxylation is 1. The van der Waals surface area contributed by atoms with E-state index in [2.05, 4.69) is 60.2 Å². The van der Waals surface area contributed by atoms with Gasteiger partial charge < -0.3 is 9.47 Å². The lowest BCUT2D eigenvalue weighted by atomic mass is 10.1. The minimum Gasteiger partial charge on any atom is -0.493 e. The molecule has 23 heavy (non-hydrogen) atoms. The summed E-state index contributed by atoms with van der Waals surface area (Å²) in [5, 5.41) is 1.23. The van der Waals surface area contributed by atoms with Gasteiger partial charge in [0, 0.05) is 23.6 Å². The van der Waals surface area contributed by atoms with Crippen LogP contribution < -0.4 is 14.0 Å². The number of pyridine rings is 1. The molecule has 0 aliphatic rings. The maximum atomic E-state index is 5.35. The molecule has 0 saturated carbocycles. The van der Waals surface area contributed by atoms with Crippen molar-refractivity contribution in [2.75, 3.05) is 14.2 Å². The smallest absolute Gasteiger partial charge is 0.212 e. The fraction of sp³-hybridized carbons (Fsp3) is 0.150. The predicted octanol–water partition coefficient (Wildman–Crippen LogP) is 3.85. The molecule has 0 bridgehead atoms. The van der Waals surface area contributed by atoms with Gasteiger partial charge >= 0.3 is 0 Å². The third-order valence-corrected chi connectivity index (χ3v) is 3.97. The van der Waals surface area contributed by atoms with Gasteiger partial charge in [0.25, 0.3) is 0 Å². The summed E-state index contributed by atoms with van der Waals surface area (Å²) in [7, 11) is 5.37. The lowest BCUT2D eigenvalue weighted by Crippen LogP contribution is -2.32. The highest BCUT2D eigenvalue weighted by Gasteiger charge is 2.08. The largest absolute Gasteiger partial charge is 0.493 e. The van der Waals surface area contributed by atoms with Gasteiger partial charge in [-0.2, -0.15) is 4.57 Å². The monoisotopic (exact) mass is 306 g/mol. The average Bonchev–Trinajstić information content (AvgIpc) is 2.61. The van der Waals surface area contributed by atoms with E-state index in [9.17, 15) is 0 Å². The number of methoxy groups -OCH3 is 2. The molecule has 0 radical (unpaired) electrons. The molecule has 1 heterocycles. The molecule has 116 valence electrons. The number of hydrogen-bond acceptors (Lipinski definition) is 2. The summed E-state index contributed by atoms with van der Waals surface area (Å²) in [6.07, 6.45) is 4.18. The van der Waals surface area contributed by atoms with Crippen LogP contribution in [0.25, 0.3) is 23.1 Å². The van der Waals surface area contributed by atoms with E-state index in [1.165, 1.54) is 10.9 Å². The Morgan fingerprint density at radius 3 is 2.39 bits per heavy atom. The number of ether oxygens (including phenoxy) is 2. The van der Waals surface area contributed by atoms with Crippen molar-refractivity contribution in [2.45, 2.75) is 0 Å². The van der Waals surface area contributed by atoms with Gasteiger partial charge in [0.2, 0.25) is 11.2 Å². The van der Waals surface area contributed by atoms with Crippen molar-refractivity contribution < 1.29 is 14.0 Å². The van der Waals surface area contributed by atoms with E-state index in [1.54, 1.807) is 14.2 Å². The molecule has 3 nitrogen and oxygen atoms in total. The lowest BCUT2D eigenvalue weighted by molar-refractivity contribution is -0.646. The molecular weight excluding hydrogens is 286 g/mol. The van der Waals surface area contributed by atoms with E-state index in [4.69, 9.17) is 9.47 Å². The molecule has 0 aliphatic heterocycles. The molecule has 0 spiro atoms. The normalized spacial score (nSPS) is 11.1. The van der Waals surface area contributed by atoms with Gasteiger partial charge in [0.1, 0.15) is 7.05 Å². The van der Waals surface area contributed by atoms with Crippen LogP contribution in [0.2, 0.25) is 0 Å². The third-order valence-electron chi connectivity index (χ3n) is 3.97. The van der Waals surface area contributed by atoms with Crippen molar-refractivity contribution >= 4 is 23.1 Å². The summed E-state index contributed by atoms with van der Waals surface area (Å²) in [6.45, 7) is 0. The van der Waals surface area contributed by atoms with E-state index in [0.717, 1.165) is 22.8 Å². The van der Waals surface area contributed by atoms with Crippen LogP contribution in [0.5, 0.6) is 11.5 Å². The molecule has 0 saturated heterocycles. The van der Waals surface area contributed by atoms with Crippen molar-refractivity contribution in [1.82, 2.24) is 0 Å². The maximum Gasteiger partial charge on any atom is 0.212 e. The Labute approximate surface area is 136 Å². The van der Waals surface area contributed by atoms with Crippen molar-refractivity contribution in [3.8, 4) is 11.5 Å². The molecule has 0 fully saturated rings. The number of aromatic nitrogens is 1. The second-order valence-electron chi connectivity index (χ2n) is 5.32. The second kappa shape index (κ2) is 6.53. The quantitative estimate of drug-likeness (QED) is 0.683. The summed E-state index contributed by atoms with van der Waals surface area (Å²) < 4.78 is 12.8. The third kappa shape index (κ3) is 3.04. The molecule has 0 aliphatic carbocycles. The first-order chi connectivity index (χ1) is 11.2. The van der Waals surface area contributed by atoms with Gasteiger partial charge in [0.15, 0.2) is 11.5 Å². The van der Waals surface area contributed by atoms with Crippen molar-refractivity contribution in [2.24, 2.45) is 7.05 Å². The zero-order chi connectivity index (χ0) is 16.2. The zero-order valence-corrected chi connectivity index (χ0v) is 13.6. The van der Waals surface area contributed by atoms with E-state index in [0.29, 0.717) is 0 Å². The lowest BCUT2D eigenvalue weighted by Gasteiger charge is -2.07. The van der Waals surface area contributed by atoms with Crippen LogP contribution in [0.4, 0.5) is 0 Å². The van der Waals surface area contributed by atoms with Gasteiger partial charge in [-0.25, -0.2) is 0 Å². The molecule has 3 aromatic rings. The molecular formula is C20H20NO2+. The Hall–Kier alpha value is -2.81. The SMILES string of the molecule is COc1ccc(/C=C/c2ccc3ccccc3[n+]2C)cc1OC. The molecule has 3 rings (SSSR count).